The van der Waals surface area contributed by atoms with Gasteiger partial charge in [-0.1, -0.05) is 17.7 Å². The summed E-state index contributed by atoms with van der Waals surface area (Å²) in [5.41, 5.74) is 3.72. The second kappa shape index (κ2) is 9.30. The van der Waals surface area contributed by atoms with Crippen LogP contribution < -0.4 is 10.6 Å². The number of hydrogen-bond acceptors (Lipinski definition) is 6. The number of nitrogens with one attached hydrogen (secondary N) is 2. The van der Waals surface area contributed by atoms with E-state index in [2.05, 4.69) is 25.6 Å². The first kappa shape index (κ1) is 19.1. The van der Waals surface area contributed by atoms with Gasteiger partial charge in [-0.2, -0.15) is 0 Å². The fourth-order valence-electron chi connectivity index (χ4n) is 2.68. The summed E-state index contributed by atoms with van der Waals surface area (Å²) in [6.45, 7) is 3.56. The topological polar surface area (TPSA) is 72.0 Å². The predicted molar refractivity (Wildman–Crippen MR) is 110 cm³/mol. The van der Waals surface area contributed by atoms with Crippen LogP contribution in [0.3, 0.4) is 0 Å². The summed E-state index contributed by atoms with van der Waals surface area (Å²) in [5.74, 6) is 1.37. The first-order valence-corrected chi connectivity index (χ1v) is 9.09. The van der Waals surface area contributed by atoms with Crippen LogP contribution in [0, 0.1) is 6.92 Å². The maximum Gasteiger partial charge on any atom is 0.227 e. The van der Waals surface area contributed by atoms with E-state index in [-0.39, 0.29) is 0 Å². The standard InChI is InChI=1S/C20H22ClN5O/c1-14-17(7-10-23-19(14)22-9-4-12-27-2)18-8-11-24-20(26-18)25-16-6-3-5-15(21)13-16/h3,5-8,10-11,13H,4,9,12H2,1-2H3,(H,22,23)(H,24,25,26). The minimum atomic E-state index is 0.514. The average molecular weight is 384 g/mol. The first-order chi connectivity index (χ1) is 13.2. The quantitative estimate of drug-likeness (QED) is 0.550. The predicted octanol–water partition coefficient (Wildman–Crippen LogP) is 4.69. The van der Waals surface area contributed by atoms with Crippen molar-refractivity contribution in [2.45, 2.75) is 13.3 Å². The minimum Gasteiger partial charge on any atom is -0.385 e. The highest BCUT2D eigenvalue weighted by atomic mass is 35.5. The number of pyridine rings is 1. The van der Waals surface area contributed by atoms with Gasteiger partial charge in [-0.3, -0.25) is 0 Å². The van der Waals surface area contributed by atoms with Crippen molar-refractivity contribution in [2.75, 3.05) is 30.9 Å². The Morgan fingerprint density at radius 3 is 2.78 bits per heavy atom. The fraction of sp³-hybridized carbons (Fsp3) is 0.250. The Hall–Kier alpha value is -2.70. The molecule has 0 aliphatic rings. The number of halogens is 1. The summed E-state index contributed by atoms with van der Waals surface area (Å²) >= 11 is 6.04. The van der Waals surface area contributed by atoms with Crippen molar-refractivity contribution in [3.8, 4) is 11.3 Å². The van der Waals surface area contributed by atoms with Gasteiger partial charge in [-0.25, -0.2) is 15.0 Å². The molecule has 27 heavy (non-hydrogen) atoms. The third-order valence-corrected chi connectivity index (χ3v) is 4.27. The van der Waals surface area contributed by atoms with E-state index in [0.29, 0.717) is 11.0 Å². The molecule has 0 amide bonds. The number of rotatable bonds is 8. The van der Waals surface area contributed by atoms with Gasteiger partial charge in [-0.15, -0.1) is 0 Å². The average Bonchev–Trinajstić information content (AvgIpc) is 2.67. The molecule has 3 aromatic rings. The van der Waals surface area contributed by atoms with Crippen LogP contribution in [0.5, 0.6) is 0 Å². The number of hydrogen-bond donors (Lipinski definition) is 2. The fourth-order valence-corrected chi connectivity index (χ4v) is 2.87. The molecule has 0 fully saturated rings. The normalized spacial score (nSPS) is 10.6. The Labute approximate surface area is 164 Å². The van der Waals surface area contributed by atoms with Gasteiger partial charge in [0.2, 0.25) is 5.95 Å². The highest BCUT2D eigenvalue weighted by molar-refractivity contribution is 6.30. The molecule has 0 aliphatic carbocycles. The molecule has 2 N–H and O–H groups in total. The Bertz CT molecular complexity index is 903. The summed E-state index contributed by atoms with van der Waals surface area (Å²) in [7, 11) is 1.70. The Balaban J connectivity index is 1.80. The Morgan fingerprint density at radius 1 is 1.11 bits per heavy atom. The van der Waals surface area contributed by atoms with Crippen LogP contribution >= 0.6 is 11.6 Å². The monoisotopic (exact) mass is 383 g/mol. The van der Waals surface area contributed by atoms with Gasteiger partial charge >= 0.3 is 0 Å². The molecule has 0 bridgehead atoms. The molecule has 3 rings (SSSR count). The molecular weight excluding hydrogens is 362 g/mol. The first-order valence-electron chi connectivity index (χ1n) is 8.72. The SMILES string of the molecule is COCCCNc1nccc(-c2ccnc(Nc3cccc(Cl)c3)n2)c1C. The van der Waals surface area contributed by atoms with Gasteiger partial charge in [-0.05, 0) is 43.7 Å². The molecule has 0 atom stereocenters. The zero-order chi connectivity index (χ0) is 19.1. The van der Waals surface area contributed by atoms with Crippen molar-refractivity contribution in [1.82, 2.24) is 15.0 Å². The smallest absolute Gasteiger partial charge is 0.227 e. The number of ether oxygens (including phenoxy) is 1. The van der Waals surface area contributed by atoms with Crippen LogP contribution in [0.4, 0.5) is 17.5 Å². The van der Waals surface area contributed by atoms with Crippen LogP contribution in [-0.2, 0) is 4.74 Å². The van der Waals surface area contributed by atoms with Gasteiger partial charge < -0.3 is 15.4 Å². The van der Waals surface area contributed by atoms with Crippen LogP contribution in [0.1, 0.15) is 12.0 Å². The lowest BCUT2D eigenvalue weighted by Crippen LogP contribution is -2.08. The molecule has 2 aromatic heterocycles. The Kier molecular flexibility index (Phi) is 6.57. The summed E-state index contributed by atoms with van der Waals surface area (Å²) in [5, 5.41) is 7.20. The lowest BCUT2D eigenvalue weighted by molar-refractivity contribution is 0.197. The molecule has 0 saturated heterocycles. The summed E-state index contributed by atoms with van der Waals surface area (Å²) in [6, 6.07) is 11.3. The molecule has 6 nitrogen and oxygen atoms in total. The van der Waals surface area contributed by atoms with Crippen LogP contribution in [0.25, 0.3) is 11.3 Å². The largest absolute Gasteiger partial charge is 0.385 e. The highest BCUT2D eigenvalue weighted by Gasteiger charge is 2.10. The van der Waals surface area contributed by atoms with E-state index < -0.39 is 0 Å². The molecule has 0 unspecified atom stereocenters. The van der Waals surface area contributed by atoms with E-state index in [9.17, 15) is 0 Å². The molecule has 0 saturated carbocycles. The third kappa shape index (κ3) is 5.15. The molecule has 0 aliphatic heterocycles. The molecule has 140 valence electrons. The number of anilines is 3. The number of benzene rings is 1. The van der Waals surface area contributed by atoms with Crippen molar-refractivity contribution in [3.05, 3.63) is 59.4 Å². The van der Waals surface area contributed by atoms with Crippen LogP contribution in [-0.4, -0.2) is 35.2 Å². The highest BCUT2D eigenvalue weighted by Crippen LogP contribution is 2.26. The van der Waals surface area contributed by atoms with Crippen molar-refractivity contribution < 1.29 is 4.74 Å². The second-order valence-corrected chi connectivity index (χ2v) is 6.44. The van der Waals surface area contributed by atoms with Crippen LogP contribution in [0.15, 0.2) is 48.8 Å². The van der Waals surface area contributed by atoms with Gasteiger partial charge in [0.25, 0.3) is 0 Å². The van der Waals surface area contributed by atoms with Crippen LogP contribution in [0.2, 0.25) is 5.02 Å². The van der Waals surface area contributed by atoms with E-state index in [1.54, 1.807) is 19.5 Å². The lowest BCUT2D eigenvalue weighted by atomic mass is 10.1. The maximum absolute atomic E-state index is 6.04. The molecule has 0 spiro atoms. The van der Waals surface area contributed by atoms with E-state index in [1.807, 2.05) is 43.3 Å². The zero-order valence-corrected chi connectivity index (χ0v) is 16.1. The summed E-state index contributed by atoms with van der Waals surface area (Å²) in [4.78, 5) is 13.4. The van der Waals surface area contributed by atoms with Crippen molar-refractivity contribution in [3.63, 3.8) is 0 Å². The minimum absolute atomic E-state index is 0.514. The second-order valence-electron chi connectivity index (χ2n) is 6.01. The van der Waals surface area contributed by atoms with E-state index >= 15 is 0 Å². The van der Waals surface area contributed by atoms with Crippen molar-refractivity contribution in [1.29, 1.82) is 0 Å². The molecule has 2 heterocycles. The molecule has 1 aromatic carbocycles. The molecule has 0 radical (unpaired) electrons. The van der Waals surface area contributed by atoms with E-state index in [4.69, 9.17) is 16.3 Å². The van der Waals surface area contributed by atoms with Gasteiger partial charge in [0.05, 0.1) is 5.69 Å². The third-order valence-electron chi connectivity index (χ3n) is 4.03. The van der Waals surface area contributed by atoms with Crippen molar-refractivity contribution >= 4 is 29.1 Å². The van der Waals surface area contributed by atoms with Gasteiger partial charge in [0, 0.05) is 54.5 Å². The number of nitrogens with zero attached hydrogens (tertiary/aromatic N) is 3. The lowest BCUT2D eigenvalue weighted by Gasteiger charge is -2.12. The number of methoxy groups -OCH3 is 1. The summed E-state index contributed by atoms with van der Waals surface area (Å²) in [6.07, 6.45) is 4.44. The van der Waals surface area contributed by atoms with E-state index in [0.717, 1.165) is 47.9 Å². The molecule has 7 heteroatoms. The van der Waals surface area contributed by atoms with Gasteiger partial charge in [0.15, 0.2) is 0 Å². The maximum atomic E-state index is 6.04. The van der Waals surface area contributed by atoms with E-state index in [1.165, 1.54) is 0 Å². The van der Waals surface area contributed by atoms with Crippen molar-refractivity contribution in [2.24, 2.45) is 0 Å². The van der Waals surface area contributed by atoms with Gasteiger partial charge in [0.1, 0.15) is 5.82 Å². The number of aromatic nitrogens is 3. The molecular formula is C20H22ClN5O. The summed E-state index contributed by atoms with van der Waals surface area (Å²) < 4.78 is 5.08. The Morgan fingerprint density at radius 2 is 1.96 bits per heavy atom. The zero-order valence-electron chi connectivity index (χ0n) is 15.4.